The first kappa shape index (κ1) is 21.7. The van der Waals surface area contributed by atoms with E-state index in [1.807, 2.05) is 0 Å². The third kappa shape index (κ3) is 4.77. The average Bonchev–Trinajstić information content (AvgIpc) is 2.77. The minimum absolute atomic E-state index is 0.0518. The van der Waals surface area contributed by atoms with Gasteiger partial charge in [0, 0.05) is 31.8 Å². The smallest absolute Gasteiger partial charge is 0.270 e. The standard InChI is InChI=1S/C20H23N3O6S/c1-29-19-10-7-16(23(25)26)13-18(19)20(24)21-14-15-5-8-17(9-6-15)30(27,28)22-11-3-2-4-12-22/h5-10,13H,2-4,11-12,14H2,1H3,(H,21,24). The molecule has 1 N–H and O–H groups in total. The molecule has 30 heavy (non-hydrogen) atoms. The Morgan fingerprint density at radius 3 is 2.40 bits per heavy atom. The number of nitrogens with zero attached hydrogens (tertiary/aromatic N) is 2. The summed E-state index contributed by atoms with van der Waals surface area (Å²) in [4.78, 5) is 23.1. The molecule has 0 aliphatic carbocycles. The zero-order valence-electron chi connectivity index (χ0n) is 16.5. The fraction of sp³-hybridized carbons (Fsp3) is 0.350. The second-order valence-electron chi connectivity index (χ2n) is 6.93. The molecule has 1 fully saturated rings. The molecule has 0 spiro atoms. The Labute approximate surface area is 174 Å². The molecule has 2 aromatic rings. The van der Waals surface area contributed by atoms with E-state index in [4.69, 9.17) is 4.74 Å². The number of piperidine rings is 1. The van der Waals surface area contributed by atoms with Gasteiger partial charge in [0.2, 0.25) is 10.0 Å². The number of hydrogen-bond donors (Lipinski definition) is 1. The molecule has 1 aliphatic heterocycles. The number of ether oxygens (including phenoxy) is 1. The SMILES string of the molecule is COc1ccc([N+](=O)[O-])cc1C(=O)NCc1ccc(S(=O)(=O)N2CCCCC2)cc1. The van der Waals surface area contributed by atoms with Gasteiger partial charge in [0.25, 0.3) is 11.6 Å². The highest BCUT2D eigenvalue weighted by Gasteiger charge is 2.25. The number of nitrogens with one attached hydrogen (secondary N) is 1. The molecule has 0 aromatic heterocycles. The molecule has 1 amide bonds. The van der Waals surface area contributed by atoms with Crippen LogP contribution in [0.5, 0.6) is 5.75 Å². The zero-order chi connectivity index (χ0) is 21.7. The van der Waals surface area contributed by atoms with Crippen LogP contribution in [0.15, 0.2) is 47.4 Å². The third-order valence-electron chi connectivity index (χ3n) is 4.97. The van der Waals surface area contributed by atoms with Crippen LogP contribution in [-0.2, 0) is 16.6 Å². The third-order valence-corrected chi connectivity index (χ3v) is 6.88. The lowest BCUT2D eigenvalue weighted by molar-refractivity contribution is -0.384. The van der Waals surface area contributed by atoms with Crippen LogP contribution in [0.25, 0.3) is 0 Å². The fourth-order valence-corrected chi connectivity index (χ4v) is 4.82. The maximum absolute atomic E-state index is 12.7. The maximum atomic E-state index is 12.7. The number of carbonyl (C=O) groups excluding carboxylic acids is 1. The van der Waals surface area contributed by atoms with Crippen molar-refractivity contribution in [3.63, 3.8) is 0 Å². The molecule has 160 valence electrons. The Hall–Kier alpha value is -2.98. The summed E-state index contributed by atoms with van der Waals surface area (Å²) in [7, 11) is -2.13. The Kier molecular flexibility index (Phi) is 6.68. The molecule has 0 radical (unpaired) electrons. The predicted molar refractivity (Wildman–Crippen MR) is 110 cm³/mol. The number of carbonyl (C=O) groups is 1. The molecule has 1 aliphatic rings. The first-order chi connectivity index (χ1) is 14.3. The second-order valence-corrected chi connectivity index (χ2v) is 8.87. The number of rotatable bonds is 7. The fourth-order valence-electron chi connectivity index (χ4n) is 3.30. The van der Waals surface area contributed by atoms with Crippen LogP contribution in [-0.4, -0.2) is 43.8 Å². The molecule has 3 rings (SSSR count). The highest BCUT2D eigenvalue weighted by atomic mass is 32.2. The molecule has 2 aromatic carbocycles. The van der Waals surface area contributed by atoms with E-state index < -0.39 is 20.9 Å². The normalized spacial score (nSPS) is 14.8. The number of nitro benzene ring substituents is 1. The Morgan fingerprint density at radius 2 is 1.80 bits per heavy atom. The van der Waals surface area contributed by atoms with E-state index in [1.165, 1.54) is 35.7 Å². The van der Waals surface area contributed by atoms with Gasteiger partial charge in [-0.05, 0) is 36.6 Å². The highest BCUT2D eigenvalue weighted by Crippen LogP contribution is 2.24. The van der Waals surface area contributed by atoms with E-state index in [9.17, 15) is 23.3 Å². The summed E-state index contributed by atoms with van der Waals surface area (Å²) >= 11 is 0. The minimum Gasteiger partial charge on any atom is -0.496 e. The van der Waals surface area contributed by atoms with Crippen molar-refractivity contribution in [3.8, 4) is 5.75 Å². The Morgan fingerprint density at radius 1 is 1.13 bits per heavy atom. The summed E-state index contributed by atoms with van der Waals surface area (Å²) in [6, 6.07) is 10.1. The van der Waals surface area contributed by atoms with Crippen LogP contribution in [0.2, 0.25) is 0 Å². The Balaban J connectivity index is 1.69. The molecule has 1 saturated heterocycles. The van der Waals surface area contributed by atoms with Crippen molar-refractivity contribution in [2.75, 3.05) is 20.2 Å². The van der Waals surface area contributed by atoms with Gasteiger partial charge in [-0.15, -0.1) is 0 Å². The van der Waals surface area contributed by atoms with Gasteiger partial charge in [0.1, 0.15) is 5.75 Å². The van der Waals surface area contributed by atoms with Crippen molar-refractivity contribution < 1.29 is 22.9 Å². The maximum Gasteiger partial charge on any atom is 0.270 e. The first-order valence-electron chi connectivity index (χ1n) is 9.52. The molecule has 1 heterocycles. The van der Waals surface area contributed by atoms with E-state index in [-0.39, 0.29) is 28.4 Å². The lowest BCUT2D eigenvalue weighted by atomic mass is 10.1. The predicted octanol–water partition coefficient (Wildman–Crippen LogP) is 2.71. The molecule has 10 heteroatoms. The summed E-state index contributed by atoms with van der Waals surface area (Å²) in [6.45, 7) is 1.20. The number of benzene rings is 2. The van der Waals surface area contributed by atoms with Crippen molar-refractivity contribution in [3.05, 3.63) is 63.7 Å². The molecule has 0 atom stereocenters. The van der Waals surface area contributed by atoms with Crippen LogP contribution in [0.3, 0.4) is 0 Å². The molecular weight excluding hydrogens is 410 g/mol. The van der Waals surface area contributed by atoms with Crippen LogP contribution in [0.1, 0.15) is 35.2 Å². The lowest BCUT2D eigenvalue weighted by Gasteiger charge is -2.25. The van der Waals surface area contributed by atoms with Crippen molar-refractivity contribution in [2.45, 2.75) is 30.7 Å². The summed E-state index contributed by atoms with van der Waals surface area (Å²) in [5.41, 5.74) is 0.537. The molecule has 9 nitrogen and oxygen atoms in total. The van der Waals surface area contributed by atoms with Crippen molar-refractivity contribution in [1.29, 1.82) is 0 Å². The molecule has 0 bridgehead atoms. The van der Waals surface area contributed by atoms with E-state index >= 15 is 0 Å². The highest BCUT2D eigenvalue weighted by molar-refractivity contribution is 7.89. The largest absolute Gasteiger partial charge is 0.496 e. The van der Waals surface area contributed by atoms with E-state index in [0.29, 0.717) is 18.7 Å². The van der Waals surface area contributed by atoms with Crippen LogP contribution < -0.4 is 10.1 Å². The van der Waals surface area contributed by atoms with Gasteiger partial charge in [-0.3, -0.25) is 14.9 Å². The first-order valence-corrected chi connectivity index (χ1v) is 11.0. The van der Waals surface area contributed by atoms with Gasteiger partial charge >= 0.3 is 0 Å². The van der Waals surface area contributed by atoms with Crippen molar-refractivity contribution in [1.82, 2.24) is 9.62 Å². The van der Waals surface area contributed by atoms with Gasteiger partial charge in [0.15, 0.2) is 0 Å². The molecular formula is C20H23N3O6S. The summed E-state index contributed by atoms with van der Waals surface area (Å²) < 4.78 is 32.0. The van der Waals surface area contributed by atoms with Crippen LogP contribution >= 0.6 is 0 Å². The number of methoxy groups -OCH3 is 1. The van der Waals surface area contributed by atoms with E-state index in [1.54, 1.807) is 12.1 Å². The quantitative estimate of drug-likeness (QED) is 0.530. The van der Waals surface area contributed by atoms with Gasteiger partial charge in [-0.25, -0.2) is 8.42 Å². The van der Waals surface area contributed by atoms with Gasteiger partial charge in [-0.2, -0.15) is 4.31 Å². The van der Waals surface area contributed by atoms with Gasteiger partial charge in [0.05, 0.1) is 22.5 Å². The zero-order valence-corrected chi connectivity index (χ0v) is 17.4. The van der Waals surface area contributed by atoms with E-state index in [2.05, 4.69) is 5.32 Å². The lowest BCUT2D eigenvalue weighted by Crippen LogP contribution is -2.35. The van der Waals surface area contributed by atoms with Crippen LogP contribution in [0, 0.1) is 10.1 Å². The van der Waals surface area contributed by atoms with Crippen molar-refractivity contribution >= 4 is 21.6 Å². The number of non-ortho nitro benzene ring substituents is 1. The monoisotopic (exact) mass is 433 g/mol. The molecule has 0 unspecified atom stereocenters. The number of nitro groups is 1. The number of sulfonamides is 1. The van der Waals surface area contributed by atoms with Crippen LogP contribution in [0.4, 0.5) is 5.69 Å². The number of amides is 1. The Bertz CT molecular complexity index is 1030. The summed E-state index contributed by atoms with van der Waals surface area (Å²) in [6.07, 6.45) is 2.77. The van der Waals surface area contributed by atoms with E-state index in [0.717, 1.165) is 25.3 Å². The van der Waals surface area contributed by atoms with Crippen molar-refractivity contribution in [2.24, 2.45) is 0 Å². The number of hydrogen-bond acceptors (Lipinski definition) is 6. The molecule has 0 saturated carbocycles. The van der Waals surface area contributed by atoms with Gasteiger partial charge in [-0.1, -0.05) is 18.6 Å². The van der Waals surface area contributed by atoms with Gasteiger partial charge < -0.3 is 10.1 Å². The summed E-state index contributed by atoms with van der Waals surface area (Å²) in [5, 5.41) is 13.6. The average molecular weight is 433 g/mol. The summed E-state index contributed by atoms with van der Waals surface area (Å²) in [5.74, 6) is -0.304. The second kappa shape index (κ2) is 9.23. The minimum atomic E-state index is -3.51. The topological polar surface area (TPSA) is 119 Å².